The average molecular weight is 344 g/mol. The van der Waals surface area contributed by atoms with Gasteiger partial charge in [0.1, 0.15) is 17.9 Å². The summed E-state index contributed by atoms with van der Waals surface area (Å²) in [6, 6.07) is 8.15. The van der Waals surface area contributed by atoms with Gasteiger partial charge in [0.2, 0.25) is 5.91 Å². The second kappa shape index (κ2) is 9.11. The summed E-state index contributed by atoms with van der Waals surface area (Å²) in [5, 5.41) is 10.4. The van der Waals surface area contributed by atoms with Gasteiger partial charge in [-0.25, -0.2) is 4.99 Å². The third-order valence-corrected chi connectivity index (χ3v) is 3.76. The topological polar surface area (TPSA) is 78.7 Å². The lowest BCUT2D eigenvalue weighted by Gasteiger charge is -2.12. The molecule has 6 nitrogen and oxygen atoms in total. The van der Waals surface area contributed by atoms with Gasteiger partial charge in [-0.1, -0.05) is 18.2 Å². The lowest BCUT2D eigenvalue weighted by Crippen LogP contribution is -2.40. The van der Waals surface area contributed by atoms with Crippen molar-refractivity contribution in [3.8, 4) is 0 Å². The van der Waals surface area contributed by atoms with Gasteiger partial charge in [-0.05, 0) is 33.8 Å². The maximum Gasteiger partial charge on any atom is 0.221 e. The molecule has 0 saturated heterocycles. The van der Waals surface area contributed by atoms with Crippen molar-refractivity contribution < 1.29 is 9.21 Å². The van der Waals surface area contributed by atoms with E-state index in [9.17, 15) is 4.79 Å². The highest BCUT2D eigenvalue weighted by atomic mass is 16.3. The molecule has 0 radical (unpaired) electrons. The molecule has 1 aromatic carbocycles. The predicted octanol–water partition coefficient (Wildman–Crippen LogP) is 2.71. The molecule has 1 amide bonds. The SMILES string of the molecule is CCNC(=NCc1oc2ccccc2c1C)NCCC(=O)NC(C)C. The molecule has 0 spiro atoms. The maximum absolute atomic E-state index is 11.7. The molecule has 0 aliphatic carbocycles. The Morgan fingerprint density at radius 1 is 1.24 bits per heavy atom. The highest BCUT2D eigenvalue weighted by Gasteiger charge is 2.10. The Morgan fingerprint density at radius 3 is 2.68 bits per heavy atom. The van der Waals surface area contributed by atoms with Gasteiger partial charge in [-0.2, -0.15) is 0 Å². The largest absolute Gasteiger partial charge is 0.459 e. The Kier molecular flexibility index (Phi) is 6.86. The summed E-state index contributed by atoms with van der Waals surface area (Å²) in [6.45, 7) is 9.70. The number of nitrogens with one attached hydrogen (secondary N) is 3. The summed E-state index contributed by atoms with van der Waals surface area (Å²) in [5.41, 5.74) is 2.00. The van der Waals surface area contributed by atoms with E-state index in [1.54, 1.807) is 0 Å². The molecular formula is C19H28N4O2. The monoisotopic (exact) mass is 344 g/mol. The fourth-order valence-corrected chi connectivity index (χ4v) is 2.56. The van der Waals surface area contributed by atoms with E-state index in [0.717, 1.165) is 28.8 Å². The summed E-state index contributed by atoms with van der Waals surface area (Å²) in [4.78, 5) is 16.3. The van der Waals surface area contributed by atoms with Gasteiger partial charge in [0.05, 0.1) is 0 Å². The number of benzene rings is 1. The number of para-hydroxylation sites is 1. The normalized spacial score (nSPS) is 11.8. The lowest BCUT2D eigenvalue weighted by atomic mass is 10.1. The Hall–Kier alpha value is -2.50. The zero-order valence-corrected chi connectivity index (χ0v) is 15.5. The van der Waals surface area contributed by atoms with Crippen molar-refractivity contribution in [2.75, 3.05) is 13.1 Å². The van der Waals surface area contributed by atoms with Crippen LogP contribution in [0.25, 0.3) is 11.0 Å². The molecule has 3 N–H and O–H groups in total. The van der Waals surface area contributed by atoms with Crippen LogP contribution in [0.3, 0.4) is 0 Å². The Balaban J connectivity index is 1.96. The van der Waals surface area contributed by atoms with Crippen molar-refractivity contribution in [3.05, 3.63) is 35.6 Å². The van der Waals surface area contributed by atoms with Gasteiger partial charge in [0.15, 0.2) is 5.96 Å². The molecule has 0 unspecified atom stereocenters. The number of rotatable bonds is 7. The van der Waals surface area contributed by atoms with Gasteiger partial charge in [0.25, 0.3) is 0 Å². The van der Waals surface area contributed by atoms with Gasteiger partial charge < -0.3 is 20.4 Å². The molecule has 0 aliphatic heterocycles. The van der Waals surface area contributed by atoms with Crippen LogP contribution in [0, 0.1) is 6.92 Å². The van der Waals surface area contributed by atoms with Crippen molar-refractivity contribution >= 4 is 22.8 Å². The molecule has 0 saturated carbocycles. The second-order valence-corrected chi connectivity index (χ2v) is 6.24. The summed E-state index contributed by atoms with van der Waals surface area (Å²) < 4.78 is 5.89. The van der Waals surface area contributed by atoms with Crippen LogP contribution in [0.1, 0.15) is 38.5 Å². The summed E-state index contributed by atoms with van der Waals surface area (Å²) in [5.74, 6) is 1.57. The molecule has 0 fully saturated rings. The van der Waals surface area contributed by atoms with E-state index in [-0.39, 0.29) is 11.9 Å². The molecule has 0 aliphatic rings. The average Bonchev–Trinajstić information content (AvgIpc) is 2.88. The zero-order valence-electron chi connectivity index (χ0n) is 15.5. The van der Waals surface area contributed by atoms with Crippen molar-refractivity contribution in [1.82, 2.24) is 16.0 Å². The highest BCUT2D eigenvalue weighted by molar-refractivity contribution is 5.83. The molecule has 0 atom stereocenters. The lowest BCUT2D eigenvalue weighted by molar-refractivity contribution is -0.121. The first-order valence-corrected chi connectivity index (χ1v) is 8.79. The van der Waals surface area contributed by atoms with E-state index in [1.807, 2.05) is 45.9 Å². The third-order valence-electron chi connectivity index (χ3n) is 3.76. The molecule has 2 aromatic rings. The molecule has 1 heterocycles. The van der Waals surface area contributed by atoms with Gasteiger partial charge in [-0.3, -0.25) is 4.79 Å². The van der Waals surface area contributed by atoms with Crippen LogP contribution in [0.2, 0.25) is 0 Å². The highest BCUT2D eigenvalue weighted by Crippen LogP contribution is 2.25. The number of amides is 1. The van der Waals surface area contributed by atoms with E-state index < -0.39 is 0 Å². The standard InChI is InChI=1S/C19H28N4O2/c1-5-20-19(21-11-10-18(24)23-13(2)3)22-12-17-14(4)15-8-6-7-9-16(15)25-17/h6-9,13H,5,10-12H2,1-4H3,(H,23,24)(H2,20,21,22). The quantitative estimate of drug-likeness (QED) is 0.533. The number of carbonyl (C=O) groups excluding carboxylic acids is 1. The maximum atomic E-state index is 11.7. The number of aliphatic imine (C=N–C) groups is 1. The van der Waals surface area contributed by atoms with Gasteiger partial charge in [-0.15, -0.1) is 0 Å². The molecule has 1 aromatic heterocycles. The number of nitrogens with zero attached hydrogens (tertiary/aromatic N) is 1. The van der Waals surface area contributed by atoms with E-state index in [1.165, 1.54) is 0 Å². The van der Waals surface area contributed by atoms with Gasteiger partial charge >= 0.3 is 0 Å². The number of hydrogen-bond donors (Lipinski definition) is 3. The fraction of sp³-hybridized carbons (Fsp3) is 0.474. The Morgan fingerprint density at radius 2 is 2.00 bits per heavy atom. The minimum absolute atomic E-state index is 0.0338. The second-order valence-electron chi connectivity index (χ2n) is 6.24. The third kappa shape index (κ3) is 5.52. The van der Waals surface area contributed by atoms with Crippen LogP contribution >= 0.6 is 0 Å². The molecular weight excluding hydrogens is 316 g/mol. The molecule has 25 heavy (non-hydrogen) atoms. The van der Waals surface area contributed by atoms with Crippen LogP contribution in [-0.4, -0.2) is 31.0 Å². The fourth-order valence-electron chi connectivity index (χ4n) is 2.56. The molecule has 2 rings (SSSR count). The number of guanidine groups is 1. The first-order chi connectivity index (χ1) is 12.0. The Labute approximate surface area is 149 Å². The van der Waals surface area contributed by atoms with Gasteiger partial charge in [0, 0.05) is 36.5 Å². The van der Waals surface area contributed by atoms with E-state index >= 15 is 0 Å². The van der Waals surface area contributed by atoms with E-state index in [0.29, 0.717) is 25.5 Å². The smallest absolute Gasteiger partial charge is 0.221 e. The number of carbonyl (C=O) groups is 1. The van der Waals surface area contributed by atoms with Crippen LogP contribution in [0.5, 0.6) is 0 Å². The summed E-state index contributed by atoms with van der Waals surface area (Å²) >= 11 is 0. The summed E-state index contributed by atoms with van der Waals surface area (Å²) in [7, 11) is 0. The van der Waals surface area contributed by atoms with Crippen molar-refractivity contribution in [2.45, 2.75) is 46.7 Å². The Bertz CT molecular complexity index is 734. The van der Waals surface area contributed by atoms with E-state index in [2.05, 4.69) is 27.0 Å². The first kappa shape index (κ1) is 18.8. The number of fused-ring (bicyclic) bond motifs is 1. The van der Waals surface area contributed by atoms with Crippen molar-refractivity contribution in [3.63, 3.8) is 0 Å². The minimum atomic E-state index is 0.0338. The first-order valence-electron chi connectivity index (χ1n) is 8.79. The minimum Gasteiger partial charge on any atom is -0.459 e. The van der Waals surface area contributed by atoms with Crippen molar-refractivity contribution in [2.24, 2.45) is 4.99 Å². The van der Waals surface area contributed by atoms with Crippen molar-refractivity contribution in [1.29, 1.82) is 0 Å². The van der Waals surface area contributed by atoms with Crippen LogP contribution < -0.4 is 16.0 Å². The van der Waals surface area contributed by atoms with Crippen LogP contribution in [0.4, 0.5) is 0 Å². The summed E-state index contributed by atoms with van der Waals surface area (Å²) in [6.07, 6.45) is 0.409. The molecule has 6 heteroatoms. The van der Waals surface area contributed by atoms with Crippen LogP contribution in [0.15, 0.2) is 33.7 Å². The molecule has 0 bridgehead atoms. The zero-order chi connectivity index (χ0) is 18.2. The number of hydrogen-bond acceptors (Lipinski definition) is 3. The number of furan rings is 1. The predicted molar refractivity (Wildman–Crippen MR) is 102 cm³/mol. The van der Waals surface area contributed by atoms with Crippen LogP contribution in [-0.2, 0) is 11.3 Å². The molecule has 136 valence electrons. The number of aryl methyl sites for hydroxylation is 1. The van der Waals surface area contributed by atoms with E-state index in [4.69, 9.17) is 4.42 Å².